The molecule has 22 aliphatic rings. The van der Waals surface area contributed by atoms with Crippen molar-refractivity contribution < 1.29 is 85.7 Å². The van der Waals surface area contributed by atoms with Crippen LogP contribution >= 0.6 is 0 Å². The van der Waals surface area contributed by atoms with Crippen molar-refractivity contribution in [1.29, 1.82) is 0 Å². The number of fused-ring (bicyclic) bond motifs is 29. The molecule has 0 N–H and O–H groups in total. The summed E-state index contributed by atoms with van der Waals surface area (Å²) in [7, 11) is 1.76. The molecule has 18 heteroatoms. The lowest BCUT2D eigenvalue weighted by Crippen LogP contribution is -2.41. The van der Waals surface area contributed by atoms with Gasteiger partial charge in [-0.3, -0.25) is 38.4 Å². The maximum Gasteiger partial charge on any atom is 0.312 e. The minimum atomic E-state index is -0.260. The normalized spacial score (nSPS) is 53.0. The zero-order valence-electron chi connectivity index (χ0n) is 61.7. The molecule has 0 amide bonds. The second kappa shape index (κ2) is 26.6. The standard InChI is InChI=1S/C17H24O4.C12H18O3.C11H16O3.2C11H16O2.2C10H14O2/c1-3-17(6-4-5-7-17)21-16(19)12-10-8-11-13(12)15(18)20-14(11)9(10)2;1-3-14-11-6(2)7-4-8(11)10-9(7)5-15-12(10)13;1-5-6-3-7(10(5)13-2)9-8(6)4-14-11(9)12;1-5-6(2)8-3-7(5)9-4-13-11(12)10(8)9;1-7-4-8-5-9(7)11(6-8)2-3-13-10(11)12;1-5-2-6-3-7(5)8-4-12-10(11)9(6)8;1-5-2-6-3-7(5)9-8(6)4-12-10(9)11/h9-14H,3-8H2,1-2H3;6-11H,3-5H2,1-2H3;5-10H,3-4H2,1-2H3;5-10H,3-4H2,1-2H3;7-9H,2-6H2,1H3;2*5-9H,2-4H2,1H3. The first-order valence-corrected chi connectivity index (χ1v) is 40.6. The fraction of sp³-hybridized carbons (Fsp3) is 0.902. The molecule has 0 aromatic carbocycles. The Kier molecular flexibility index (Phi) is 18.6. The summed E-state index contributed by atoms with van der Waals surface area (Å²) in [5, 5.41) is 0. The summed E-state index contributed by atoms with van der Waals surface area (Å²) in [4.78, 5) is 94.0. The van der Waals surface area contributed by atoms with Gasteiger partial charge in [-0.25, -0.2) is 0 Å². The van der Waals surface area contributed by atoms with Crippen LogP contribution in [0.2, 0.25) is 0 Å². The quantitative estimate of drug-likeness (QED) is 0.178. The highest BCUT2D eigenvalue weighted by Crippen LogP contribution is 2.66. The molecule has 7 aliphatic heterocycles. The smallest absolute Gasteiger partial charge is 0.312 e. The Morgan fingerprint density at radius 2 is 0.930 bits per heavy atom. The number of hydrogen-bond acceptors (Lipinski definition) is 18. The number of rotatable bonds is 6. The first-order valence-electron chi connectivity index (χ1n) is 40.6. The van der Waals surface area contributed by atoms with Gasteiger partial charge in [0.1, 0.15) is 11.7 Å². The van der Waals surface area contributed by atoms with E-state index in [2.05, 4.69) is 62.3 Å². The van der Waals surface area contributed by atoms with Crippen LogP contribution in [0.5, 0.6) is 0 Å². The van der Waals surface area contributed by atoms with Gasteiger partial charge in [-0.15, -0.1) is 0 Å². The molecule has 38 atom stereocenters. The largest absolute Gasteiger partial charge is 0.465 e. The van der Waals surface area contributed by atoms with Gasteiger partial charge in [0.25, 0.3) is 0 Å². The lowest BCUT2D eigenvalue weighted by molar-refractivity contribution is -0.170. The lowest BCUT2D eigenvalue weighted by Gasteiger charge is -2.33. The summed E-state index contributed by atoms with van der Waals surface area (Å²) in [6.45, 7) is 27.2. The second-order valence-corrected chi connectivity index (χ2v) is 37.3. The van der Waals surface area contributed by atoms with Crippen molar-refractivity contribution in [3.05, 3.63) is 0 Å². The Morgan fingerprint density at radius 3 is 1.50 bits per heavy atom. The van der Waals surface area contributed by atoms with Gasteiger partial charge in [-0.1, -0.05) is 62.3 Å². The van der Waals surface area contributed by atoms with E-state index in [1.54, 1.807) is 7.11 Å². The van der Waals surface area contributed by atoms with E-state index >= 15 is 0 Å². The molecule has 22 fully saturated rings. The van der Waals surface area contributed by atoms with E-state index < -0.39 is 0 Å². The Bertz CT molecular complexity index is 3180. The number of cyclic esters (lactones) is 6. The van der Waals surface area contributed by atoms with Crippen LogP contribution in [0.3, 0.4) is 0 Å². The van der Waals surface area contributed by atoms with E-state index in [1.165, 1.54) is 57.8 Å². The van der Waals surface area contributed by atoms with Crippen LogP contribution in [-0.4, -0.2) is 125 Å². The molecule has 15 aliphatic carbocycles. The Morgan fingerprint density at radius 1 is 0.430 bits per heavy atom. The predicted molar refractivity (Wildman–Crippen MR) is 361 cm³/mol. The highest BCUT2D eigenvalue weighted by Gasteiger charge is 2.70. The molecule has 0 radical (unpaired) electrons. The molecule has 22 rings (SSSR count). The number of carbonyl (C=O) groups is 8. The average Bonchev–Trinajstić information content (AvgIpc) is 1.66. The molecule has 7 saturated heterocycles. The number of methoxy groups -OCH3 is 1. The molecule has 38 unspecified atom stereocenters. The van der Waals surface area contributed by atoms with Crippen LogP contribution in [0.1, 0.15) is 178 Å². The maximum atomic E-state index is 12.8. The molecular weight excluding hydrogens is 1270 g/mol. The third-order valence-corrected chi connectivity index (χ3v) is 33.8. The zero-order valence-corrected chi connectivity index (χ0v) is 61.7. The zero-order chi connectivity index (χ0) is 70.0. The van der Waals surface area contributed by atoms with Crippen molar-refractivity contribution in [2.24, 2.45) is 207 Å². The minimum Gasteiger partial charge on any atom is -0.465 e. The van der Waals surface area contributed by atoms with Gasteiger partial charge < -0.3 is 47.4 Å². The number of hydrogen-bond donors (Lipinski definition) is 0. The van der Waals surface area contributed by atoms with Crippen LogP contribution in [-0.2, 0) is 85.7 Å². The van der Waals surface area contributed by atoms with Gasteiger partial charge in [0, 0.05) is 49.2 Å². The third-order valence-electron chi connectivity index (χ3n) is 33.8. The summed E-state index contributed by atoms with van der Waals surface area (Å²) < 4.78 is 53.7. The molecule has 14 bridgehead atoms. The number of esters is 8. The van der Waals surface area contributed by atoms with Gasteiger partial charge >= 0.3 is 47.8 Å². The molecule has 15 saturated carbocycles. The SMILES string of the molecule is CC1C(C)C2CC1C1COC(=O)C21.CC1CC2CC1C1(CCOC1=O)C2.CC1CC2CC1C1C(=O)OCC21.CC1CC2CC1C1COC(=O)C21.CCC1(OC(=O)C2C3CC4C(OC(=O)C42)C3C)CCCC1.CCOC1C(C)C2CC1C1C(=O)OCC21.COC1C(C)C2CC1C1C(=O)OCC21. The molecule has 7 heterocycles. The second-order valence-electron chi connectivity index (χ2n) is 37.3. The molecule has 0 aromatic heterocycles. The summed E-state index contributed by atoms with van der Waals surface area (Å²) in [6, 6.07) is 0. The topological polar surface area (TPSA) is 229 Å². The van der Waals surface area contributed by atoms with Crippen molar-refractivity contribution in [3.8, 4) is 0 Å². The summed E-state index contributed by atoms with van der Waals surface area (Å²) in [5.41, 5.74) is -0.285. The van der Waals surface area contributed by atoms with Crippen LogP contribution in [0, 0.1) is 207 Å². The van der Waals surface area contributed by atoms with Crippen LogP contribution in [0.15, 0.2) is 0 Å². The van der Waals surface area contributed by atoms with Crippen molar-refractivity contribution in [3.63, 3.8) is 0 Å². The molecular formula is C82H118O18. The third kappa shape index (κ3) is 11.0. The van der Waals surface area contributed by atoms with Crippen molar-refractivity contribution >= 4 is 47.8 Å². The van der Waals surface area contributed by atoms with Gasteiger partial charge in [0.05, 0.1) is 98.7 Å². The molecule has 18 nitrogen and oxygen atoms in total. The van der Waals surface area contributed by atoms with Gasteiger partial charge in [-0.05, 0) is 240 Å². The Hall–Kier alpha value is -4.32. The van der Waals surface area contributed by atoms with Gasteiger partial charge in [-0.2, -0.15) is 0 Å². The Labute approximate surface area is 593 Å². The van der Waals surface area contributed by atoms with Crippen molar-refractivity contribution in [2.45, 2.75) is 202 Å². The highest BCUT2D eigenvalue weighted by molar-refractivity contribution is 5.86. The van der Waals surface area contributed by atoms with Crippen LogP contribution < -0.4 is 0 Å². The fourth-order valence-electron chi connectivity index (χ4n) is 29.1. The van der Waals surface area contributed by atoms with Crippen molar-refractivity contribution in [2.75, 3.05) is 53.4 Å². The van der Waals surface area contributed by atoms with E-state index in [-0.39, 0.29) is 112 Å². The van der Waals surface area contributed by atoms with E-state index in [0.29, 0.717) is 139 Å². The monoisotopic (exact) mass is 1390 g/mol. The summed E-state index contributed by atoms with van der Waals surface area (Å²) >= 11 is 0. The fourth-order valence-corrected chi connectivity index (χ4v) is 29.1. The molecule has 1 spiro atoms. The van der Waals surface area contributed by atoms with Gasteiger partial charge in [0.2, 0.25) is 0 Å². The van der Waals surface area contributed by atoms with Gasteiger partial charge in [0.15, 0.2) is 0 Å². The summed E-state index contributed by atoms with van der Waals surface area (Å²) in [6.07, 6.45) is 20.3. The highest BCUT2D eigenvalue weighted by atomic mass is 16.6. The van der Waals surface area contributed by atoms with E-state index in [0.717, 1.165) is 124 Å². The van der Waals surface area contributed by atoms with Crippen LogP contribution in [0.25, 0.3) is 0 Å². The van der Waals surface area contributed by atoms with E-state index in [1.807, 2.05) is 6.92 Å². The lowest BCUT2D eigenvalue weighted by atomic mass is 9.68. The average molecular weight is 1390 g/mol. The first-order chi connectivity index (χ1) is 48.0. The molecule has 0 aromatic rings. The molecule has 100 heavy (non-hydrogen) atoms. The van der Waals surface area contributed by atoms with Crippen LogP contribution in [0.4, 0.5) is 0 Å². The van der Waals surface area contributed by atoms with E-state index in [4.69, 9.17) is 47.4 Å². The van der Waals surface area contributed by atoms with Crippen molar-refractivity contribution in [1.82, 2.24) is 0 Å². The number of carbonyl (C=O) groups excluding carboxylic acids is 8. The minimum absolute atomic E-state index is 0.0245. The predicted octanol–water partition coefficient (Wildman–Crippen LogP) is 11.8. The first kappa shape index (κ1) is 70.0. The maximum absolute atomic E-state index is 12.8. The van der Waals surface area contributed by atoms with E-state index in [9.17, 15) is 38.4 Å². The number of ether oxygens (including phenoxy) is 10. The Balaban J connectivity index is 0.0000000915. The molecule has 554 valence electrons. The summed E-state index contributed by atoms with van der Waals surface area (Å²) in [5.74, 6) is 17.6.